The van der Waals surface area contributed by atoms with Crippen molar-refractivity contribution >= 4 is 40.7 Å². The quantitative estimate of drug-likeness (QED) is 0.427. The van der Waals surface area contributed by atoms with Crippen LogP contribution >= 0.6 is 11.6 Å². The summed E-state index contributed by atoms with van der Waals surface area (Å²) in [6, 6.07) is 9.81. The van der Waals surface area contributed by atoms with E-state index in [2.05, 4.69) is 32.8 Å². The second-order valence-electron chi connectivity index (χ2n) is 8.87. The monoisotopic (exact) mass is 514 g/mol. The first-order valence-electron chi connectivity index (χ1n) is 11.7. The first-order chi connectivity index (χ1) is 17.2. The van der Waals surface area contributed by atoms with Crippen molar-refractivity contribution in [3.63, 3.8) is 0 Å². The van der Waals surface area contributed by atoms with Crippen LogP contribution < -0.4 is 21.7 Å². The van der Waals surface area contributed by atoms with E-state index >= 15 is 0 Å². The summed E-state index contributed by atoms with van der Waals surface area (Å²) in [4.78, 5) is 44.9. The standard InChI is InChI=1S/C25H28ClFN6O3/c1-2-33-10-9-15(13-33)12-29-23(35)21-25(24(28)36,31-14-30-21)16-3-6-18(7-4-16)32-22(34)19-8-5-17(27)11-20(19)26/h3-8,11,15,31H,2,9-10,12-14H2,1H3,(H2,28,36)(H,29,35)(H,32,34). The molecular formula is C25H28ClFN6O3. The van der Waals surface area contributed by atoms with Crippen LogP contribution in [0.3, 0.4) is 0 Å². The molecule has 1 fully saturated rings. The van der Waals surface area contributed by atoms with Crippen molar-refractivity contribution in [3.8, 4) is 0 Å². The molecule has 190 valence electrons. The first kappa shape index (κ1) is 25.7. The fraction of sp³-hybridized carbons (Fsp3) is 0.360. The van der Waals surface area contributed by atoms with E-state index in [1.165, 1.54) is 6.07 Å². The van der Waals surface area contributed by atoms with Crippen molar-refractivity contribution in [1.29, 1.82) is 0 Å². The second kappa shape index (κ2) is 10.7. The minimum absolute atomic E-state index is 0.00947. The SMILES string of the molecule is CCN1CCC(CNC(=O)C2=NCNC2(C(N)=O)c2ccc(NC(=O)c3ccc(F)cc3Cl)cc2)C1. The number of nitrogens with one attached hydrogen (secondary N) is 3. The van der Waals surface area contributed by atoms with Gasteiger partial charge in [-0.3, -0.25) is 24.7 Å². The molecular weight excluding hydrogens is 487 g/mol. The molecule has 2 aliphatic heterocycles. The van der Waals surface area contributed by atoms with Gasteiger partial charge in [0.2, 0.25) is 5.91 Å². The molecule has 1 saturated heterocycles. The predicted octanol–water partition coefficient (Wildman–Crippen LogP) is 1.87. The van der Waals surface area contributed by atoms with Gasteiger partial charge >= 0.3 is 0 Å². The number of hydrogen-bond acceptors (Lipinski definition) is 6. The lowest BCUT2D eigenvalue weighted by molar-refractivity contribution is -0.123. The number of anilines is 1. The number of halogens is 2. The molecule has 0 bridgehead atoms. The maximum Gasteiger partial charge on any atom is 0.268 e. The molecule has 36 heavy (non-hydrogen) atoms. The Labute approximate surface area is 213 Å². The Bertz CT molecular complexity index is 1200. The highest BCUT2D eigenvalue weighted by molar-refractivity contribution is 6.47. The van der Waals surface area contributed by atoms with E-state index in [4.69, 9.17) is 17.3 Å². The molecule has 2 aromatic carbocycles. The number of hydrogen-bond donors (Lipinski definition) is 4. The summed E-state index contributed by atoms with van der Waals surface area (Å²) in [7, 11) is 0. The molecule has 5 N–H and O–H groups in total. The summed E-state index contributed by atoms with van der Waals surface area (Å²) in [6.45, 7) is 5.54. The Balaban J connectivity index is 1.48. The van der Waals surface area contributed by atoms with E-state index in [0.29, 0.717) is 23.7 Å². The maximum absolute atomic E-state index is 13.3. The topological polar surface area (TPSA) is 129 Å². The lowest BCUT2D eigenvalue weighted by Gasteiger charge is -2.28. The molecule has 0 aliphatic carbocycles. The zero-order valence-electron chi connectivity index (χ0n) is 19.8. The van der Waals surface area contributed by atoms with Crippen molar-refractivity contribution in [3.05, 3.63) is 64.4 Å². The van der Waals surface area contributed by atoms with Crippen LogP contribution in [0.15, 0.2) is 47.5 Å². The lowest BCUT2D eigenvalue weighted by Crippen LogP contribution is -2.58. The van der Waals surface area contributed by atoms with E-state index in [1.54, 1.807) is 24.3 Å². The van der Waals surface area contributed by atoms with Gasteiger partial charge in [-0.2, -0.15) is 0 Å². The summed E-state index contributed by atoms with van der Waals surface area (Å²) >= 11 is 5.97. The summed E-state index contributed by atoms with van der Waals surface area (Å²) in [6.07, 6.45) is 0.996. The van der Waals surface area contributed by atoms with Crippen LogP contribution in [0.25, 0.3) is 0 Å². The van der Waals surface area contributed by atoms with Crippen molar-refractivity contribution in [2.75, 3.05) is 38.2 Å². The van der Waals surface area contributed by atoms with Gasteiger partial charge in [-0.15, -0.1) is 0 Å². The number of nitrogens with two attached hydrogens (primary N) is 1. The Morgan fingerprint density at radius 3 is 2.61 bits per heavy atom. The molecule has 2 aliphatic rings. The van der Waals surface area contributed by atoms with E-state index in [9.17, 15) is 18.8 Å². The number of benzene rings is 2. The predicted molar refractivity (Wildman–Crippen MR) is 135 cm³/mol. The smallest absolute Gasteiger partial charge is 0.268 e. The third kappa shape index (κ3) is 5.11. The lowest BCUT2D eigenvalue weighted by atomic mass is 9.84. The number of amides is 3. The molecule has 2 unspecified atom stereocenters. The van der Waals surface area contributed by atoms with Gasteiger partial charge in [-0.1, -0.05) is 30.7 Å². The minimum Gasteiger partial charge on any atom is -0.367 e. The number of likely N-dealkylation sites (tertiary alicyclic amines) is 1. The zero-order valence-corrected chi connectivity index (χ0v) is 20.6. The van der Waals surface area contributed by atoms with Gasteiger partial charge in [-0.25, -0.2) is 4.39 Å². The largest absolute Gasteiger partial charge is 0.367 e. The zero-order chi connectivity index (χ0) is 25.9. The van der Waals surface area contributed by atoms with Crippen LogP contribution in [0, 0.1) is 11.7 Å². The Morgan fingerprint density at radius 1 is 1.22 bits per heavy atom. The molecule has 3 amide bonds. The third-order valence-electron chi connectivity index (χ3n) is 6.64. The average molecular weight is 515 g/mol. The van der Waals surface area contributed by atoms with Crippen molar-refractivity contribution in [2.24, 2.45) is 16.6 Å². The van der Waals surface area contributed by atoms with Gasteiger partial charge in [-0.05, 0) is 61.3 Å². The van der Waals surface area contributed by atoms with Gasteiger partial charge in [0.1, 0.15) is 11.5 Å². The van der Waals surface area contributed by atoms with Crippen LogP contribution in [-0.4, -0.2) is 61.2 Å². The van der Waals surface area contributed by atoms with Gasteiger partial charge in [0.15, 0.2) is 5.54 Å². The number of nitrogens with zero attached hydrogens (tertiary/aromatic N) is 2. The molecule has 0 spiro atoms. The van der Waals surface area contributed by atoms with Crippen LogP contribution in [0.2, 0.25) is 5.02 Å². The van der Waals surface area contributed by atoms with E-state index in [0.717, 1.165) is 38.2 Å². The Morgan fingerprint density at radius 2 is 1.97 bits per heavy atom. The normalized spacial score (nSPS) is 21.8. The highest BCUT2D eigenvalue weighted by Crippen LogP contribution is 2.29. The van der Waals surface area contributed by atoms with Crippen molar-refractivity contribution in [2.45, 2.75) is 18.9 Å². The molecule has 11 heteroatoms. The molecule has 0 radical (unpaired) electrons. The highest BCUT2D eigenvalue weighted by Gasteiger charge is 2.49. The van der Waals surface area contributed by atoms with Crippen LogP contribution in [-0.2, 0) is 15.1 Å². The van der Waals surface area contributed by atoms with Gasteiger partial charge in [0.05, 0.1) is 17.3 Å². The molecule has 2 aromatic rings. The highest BCUT2D eigenvalue weighted by atomic mass is 35.5. The minimum atomic E-state index is -1.60. The first-order valence-corrected chi connectivity index (χ1v) is 12.1. The number of carbonyl (C=O) groups excluding carboxylic acids is 3. The second-order valence-corrected chi connectivity index (χ2v) is 9.28. The summed E-state index contributed by atoms with van der Waals surface area (Å²) in [5, 5.41) is 8.55. The number of carbonyl (C=O) groups is 3. The number of rotatable bonds is 8. The van der Waals surface area contributed by atoms with Crippen LogP contribution in [0.5, 0.6) is 0 Å². The maximum atomic E-state index is 13.3. The summed E-state index contributed by atoms with van der Waals surface area (Å²) < 4.78 is 13.3. The molecule has 4 rings (SSSR count). The number of primary amides is 1. The van der Waals surface area contributed by atoms with Crippen LogP contribution in [0.1, 0.15) is 29.3 Å². The van der Waals surface area contributed by atoms with E-state index < -0.39 is 29.1 Å². The fourth-order valence-electron chi connectivity index (χ4n) is 4.63. The van der Waals surface area contributed by atoms with Crippen molar-refractivity contribution < 1.29 is 18.8 Å². The van der Waals surface area contributed by atoms with Crippen molar-refractivity contribution in [1.82, 2.24) is 15.5 Å². The number of aliphatic imine (C=N–C) groups is 1. The van der Waals surface area contributed by atoms with E-state index in [1.807, 2.05) is 0 Å². The van der Waals surface area contributed by atoms with E-state index in [-0.39, 0.29) is 23.0 Å². The molecule has 0 saturated carbocycles. The van der Waals surface area contributed by atoms with Gasteiger partial charge < -0.3 is 21.3 Å². The Hall–Kier alpha value is -3.34. The average Bonchev–Trinajstić information content (AvgIpc) is 3.51. The molecule has 2 heterocycles. The van der Waals surface area contributed by atoms with Gasteiger partial charge in [0, 0.05) is 18.8 Å². The van der Waals surface area contributed by atoms with Crippen LogP contribution in [0.4, 0.5) is 10.1 Å². The molecule has 0 aromatic heterocycles. The Kier molecular flexibility index (Phi) is 7.67. The summed E-state index contributed by atoms with van der Waals surface area (Å²) in [5.74, 6) is -1.94. The summed E-state index contributed by atoms with van der Waals surface area (Å²) in [5.41, 5.74) is 5.13. The molecule has 9 nitrogen and oxygen atoms in total. The molecule has 2 atom stereocenters. The fourth-order valence-corrected chi connectivity index (χ4v) is 4.88. The third-order valence-corrected chi connectivity index (χ3v) is 6.95. The van der Waals surface area contributed by atoms with Gasteiger partial charge in [0.25, 0.3) is 11.8 Å².